The Morgan fingerprint density at radius 1 is 1.33 bits per heavy atom. The molecule has 0 spiro atoms. The summed E-state index contributed by atoms with van der Waals surface area (Å²) in [5.41, 5.74) is 2.97. The largest absolute Gasteiger partial charge is 0.491 e. The predicted molar refractivity (Wildman–Crippen MR) is 84.0 cm³/mol. The first-order valence-electron chi connectivity index (χ1n) is 7.43. The van der Waals surface area contributed by atoms with E-state index in [2.05, 4.69) is 36.4 Å². The minimum absolute atomic E-state index is 0.179. The summed E-state index contributed by atoms with van der Waals surface area (Å²) in [7, 11) is 1.92. The number of aromatic nitrogens is 3. The van der Waals surface area contributed by atoms with Gasteiger partial charge < -0.3 is 10.1 Å². The van der Waals surface area contributed by atoms with Crippen molar-refractivity contribution in [2.45, 2.75) is 46.3 Å². The summed E-state index contributed by atoms with van der Waals surface area (Å²) in [6.07, 6.45) is 1.19. The molecule has 0 saturated heterocycles. The third kappa shape index (κ3) is 3.42. The van der Waals surface area contributed by atoms with Gasteiger partial charge in [0.05, 0.1) is 23.5 Å². The van der Waals surface area contributed by atoms with Gasteiger partial charge in [-0.1, -0.05) is 18.2 Å². The van der Waals surface area contributed by atoms with Crippen LogP contribution in [0.3, 0.4) is 0 Å². The topological polar surface area (TPSA) is 52.0 Å². The average molecular weight is 288 g/mol. The van der Waals surface area contributed by atoms with Crippen LogP contribution in [0.4, 0.5) is 0 Å². The van der Waals surface area contributed by atoms with Crippen molar-refractivity contribution in [1.82, 2.24) is 20.3 Å². The second-order valence-corrected chi connectivity index (χ2v) is 5.32. The Labute approximate surface area is 126 Å². The van der Waals surface area contributed by atoms with Gasteiger partial charge in [0.25, 0.3) is 0 Å². The van der Waals surface area contributed by atoms with E-state index in [9.17, 15) is 0 Å². The second kappa shape index (κ2) is 6.72. The van der Waals surface area contributed by atoms with Crippen molar-refractivity contribution in [2.24, 2.45) is 0 Å². The fourth-order valence-electron chi connectivity index (χ4n) is 2.13. The lowest BCUT2D eigenvalue weighted by atomic mass is 10.2. The molecule has 1 aromatic heterocycles. The third-order valence-electron chi connectivity index (χ3n) is 3.75. The van der Waals surface area contributed by atoms with E-state index >= 15 is 0 Å². The maximum atomic E-state index is 5.87. The number of hydrogen-bond donors (Lipinski definition) is 1. The third-order valence-corrected chi connectivity index (χ3v) is 3.75. The van der Waals surface area contributed by atoms with Crippen LogP contribution in [-0.4, -0.2) is 28.1 Å². The molecule has 2 aromatic rings. The Kier molecular flexibility index (Phi) is 4.96. The molecule has 5 nitrogen and oxygen atoms in total. The summed E-state index contributed by atoms with van der Waals surface area (Å²) in [4.78, 5) is 0. The normalized spacial score (nSPS) is 14.0. The molecule has 1 aromatic carbocycles. The number of nitrogens with one attached hydrogen (secondary N) is 1. The number of benzene rings is 1. The van der Waals surface area contributed by atoms with Gasteiger partial charge in [-0.25, -0.2) is 4.68 Å². The van der Waals surface area contributed by atoms with Crippen LogP contribution in [0.25, 0.3) is 5.69 Å². The van der Waals surface area contributed by atoms with Crippen molar-refractivity contribution in [1.29, 1.82) is 0 Å². The van der Waals surface area contributed by atoms with Crippen LogP contribution in [0.5, 0.6) is 5.75 Å². The van der Waals surface area contributed by atoms with Gasteiger partial charge in [0.15, 0.2) is 0 Å². The quantitative estimate of drug-likeness (QED) is 0.887. The lowest BCUT2D eigenvalue weighted by Gasteiger charge is -2.14. The van der Waals surface area contributed by atoms with Crippen LogP contribution in [0.2, 0.25) is 0 Å². The van der Waals surface area contributed by atoms with Crippen molar-refractivity contribution in [3.8, 4) is 11.4 Å². The van der Waals surface area contributed by atoms with Crippen LogP contribution in [0.15, 0.2) is 24.3 Å². The van der Waals surface area contributed by atoms with Crippen LogP contribution in [0.1, 0.15) is 44.6 Å². The number of ether oxygens (including phenoxy) is 1. The van der Waals surface area contributed by atoms with Crippen LogP contribution < -0.4 is 10.1 Å². The van der Waals surface area contributed by atoms with Gasteiger partial charge in [0.2, 0.25) is 0 Å². The molecule has 0 fully saturated rings. The first kappa shape index (κ1) is 15.5. The number of hydrogen-bond acceptors (Lipinski definition) is 4. The van der Waals surface area contributed by atoms with E-state index in [-0.39, 0.29) is 12.1 Å². The second-order valence-electron chi connectivity index (χ2n) is 5.32. The summed E-state index contributed by atoms with van der Waals surface area (Å²) >= 11 is 0. The fraction of sp³-hybridized carbons (Fsp3) is 0.500. The molecule has 0 aliphatic carbocycles. The summed E-state index contributed by atoms with van der Waals surface area (Å²) in [5, 5.41) is 11.7. The van der Waals surface area contributed by atoms with E-state index in [0.717, 1.165) is 29.2 Å². The number of rotatable bonds is 6. The highest BCUT2D eigenvalue weighted by Gasteiger charge is 2.15. The maximum Gasteiger partial charge on any atom is 0.121 e. The summed E-state index contributed by atoms with van der Waals surface area (Å²) in [6, 6.07) is 8.15. The van der Waals surface area contributed by atoms with E-state index in [1.807, 2.05) is 42.9 Å². The minimum Gasteiger partial charge on any atom is -0.491 e. The van der Waals surface area contributed by atoms with Crippen LogP contribution >= 0.6 is 0 Å². The van der Waals surface area contributed by atoms with E-state index in [4.69, 9.17) is 4.74 Å². The van der Waals surface area contributed by atoms with Crippen molar-refractivity contribution in [3.63, 3.8) is 0 Å². The van der Waals surface area contributed by atoms with Crippen molar-refractivity contribution >= 4 is 0 Å². The SMILES string of the molecule is CCC(C)Oc1cccc(-n2nnc(C(C)NC)c2C)c1. The molecule has 0 amide bonds. The lowest BCUT2D eigenvalue weighted by molar-refractivity contribution is 0.217. The Morgan fingerprint density at radius 2 is 2.10 bits per heavy atom. The fourth-order valence-corrected chi connectivity index (χ4v) is 2.13. The first-order chi connectivity index (χ1) is 10.1. The Bertz CT molecular complexity index is 594. The Morgan fingerprint density at radius 3 is 2.76 bits per heavy atom. The molecule has 21 heavy (non-hydrogen) atoms. The molecule has 114 valence electrons. The smallest absolute Gasteiger partial charge is 0.121 e. The molecule has 0 saturated carbocycles. The molecule has 0 aliphatic heterocycles. The van der Waals surface area contributed by atoms with Gasteiger partial charge in [-0.15, -0.1) is 5.10 Å². The van der Waals surface area contributed by atoms with Gasteiger partial charge in [-0.2, -0.15) is 0 Å². The molecule has 0 radical (unpaired) electrons. The van der Waals surface area contributed by atoms with E-state index in [1.165, 1.54) is 0 Å². The van der Waals surface area contributed by atoms with Crippen LogP contribution in [0, 0.1) is 6.92 Å². The van der Waals surface area contributed by atoms with Gasteiger partial charge in [-0.3, -0.25) is 0 Å². The molecule has 0 bridgehead atoms. The first-order valence-corrected chi connectivity index (χ1v) is 7.43. The van der Waals surface area contributed by atoms with Gasteiger partial charge >= 0.3 is 0 Å². The molecular formula is C16H24N4O. The van der Waals surface area contributed by atoms with Gasteiger partial charge in [0.1, 0.15) is 11.4 Å². The highest BCUT2D eigenvalue weighted by atomic mass is 16.5. The molecule has 2 unspecified atom stereocenters. The molecule has 2 rings (SSSR count). The monoisotopic (exact) mass is 288 g/mol. The molecular weight excluding hydrogens is 264 g/mol. The maximum absolute atomic E-state index is 5.87. The van der Waals surface area contributed by atoms with Gasteiger partial charge in [-0.05, 0) is 46.4 Å². The highest BCUT2D eigenvalue weighted by Crippen LogP contribution is 2.21. The zero-order valence-electron chi connectivity index (χ0n) is 13.4. The summed E-state index contributed by atoms with van der Waals surface area (Å²) in [6.45, 7) is 8.29. The van der Waals surface area contributed by atoms with Crippen molar-refractivity contribution in [3.05, 3.63) is 35.7 Å². The molecule has 2 atom stereocenters. The number of nitrogens with zero attached hydrogens (tertiary/aromatic N) is 3. The van der Waals surface area contributed by atoms with E-state index in [1.54, 1.807) is 0 Å². The standard InChI is InChI=1S/C16H24N4O/c1-6-11(2)21-15-9-7-8-14(10-15)20-13(4)16(18-19-20)12(3)17-5/h7-12,17H,6H2,1-5H3. The van der Waals surface area contributed by atoms with Gasteiger partial charge in [0, 0.05) is 6.07 Å². The van der Waals surface area contributed by atoms with Crippen molar-refractivity contribution in [2.75, 3.05) is 7.05 Å². The Balaban J connectivity index is 2.30. The van der Waals surface area contributed by atoms with Crippen LogP contribution in [-0.2, 0) is 0 Å². The van der Waals surface area contributed by atoms with E-state index in [0.29, 0.717) is 0 Å². The highest BCUT2D eigenvalue weighted by molar-refractivity contribution is 5.40. The molecule has 5 heteroatoms. The average Bonchev–Trinajstić information content (AvgIpc) is 2.88. The summed E-state index contributed by atoms with van der Waals surface area (Å²) < 4.78 is 7.72. The minimum atomic E-state index is 0.179. The molecule has 0 aliphatic rings. The zero-order chi connectivity index (χ0) is 15.4. The predicted octanol–water partition coefficient (Wildman–Crippen LogP) is 3.03. The Hall–Kier alpha value is -1.88. The van der Waals surface area contributed by atoms with Crippen molar-refractivity contribution < 1.29 is 4.74 Å². The lowest BCUT2D eigenvalue weighted by Crippen LogP contribution is -2.14. The molecule has 1 heterocycles. The summed E-state index contributed by atoms with van der Waals surface area (Å²) in [5.74, 6) is 0.861. The van der Waals surface area contributed by atoms with E-state index < -0.39 is 0 Å². The zero-order valence-corrected chi connectivity index (χ0v) is 13.4. The molecule has 1 N–H and O–H groups in total.